The normalized spacial score (nSPS) is 24.6. The predicted octanol–water partition coefficient (Wildman–Crippen LogP) is 3.28. The van der Waals surface area contributed by atoms with Gasteiger partial charge in [-0.05, 0) is 38.9 Å². The van der Waals surface area contributed by atoms with E-state index in [0.29, 0.717) is 6.04 Å². The molecule has 1 spiro atoms. The first-order valence-corrected chi connectivity index (χ1v) is 8.41. The van der Waals surface area contributed by atoms with Gasteiger partial charge in [0.1, 0.15) is 11.4 Å². The topological polar surface area (TPSA) is 24.5 Å². The predicted molar refractivity (Wildman–Crippen MR) is 86.9 cm³/mol. The molecule has 2 heterocycles. The van der Waals surface area contributed by atoms with Crippen molar-refractivity contribution in [3.8, 4) is 5.75 Å². The van der Waals surface area contributed by atoms with Crippen LogP contribution in [-0.4, -0.2) is 36.7 Å². The molecule has 21 heavy (non-hydrogen) atoms. The Morgan fingerprint density at radius 1 is 1.29 bits per heavy atom. The number of nitrogens with zero attached hydrogens (tertiary/aromatic N) is 1. The summed E-state index contributed by atoms with van der Waals surface area (Å²) < 4.78 is 6.52. The Morgan fingerprint density at radius 3 is 2.71 bits per heavy atom. The maximum absolute atomic E-state index is 6.52. The number of piperidine rings is 1. The van der Waals surface area contributed by atoms with Crippen LogP contribution in [0.1, 0.15) is 50.3 Å². The summed E-state index contributed by atoms with van der Waals surface area (Å²) in [4.78, 5) is 2.53. The Hall–Kier alpha value is -1.06. The van der Waals surface area contributed by atoms with Gasteiger partial charge in [-0.1, -0.05) is 31.5 Å². The highest BCUT2D eigenvalue weighted by Gasteiger charge is 2.42. The van der Waals surface area contributed by atoms with Crippen molar-refractivity contribution in [2.75, 3.05) is 26.2 Å². The van der Waals surface area contributed by atoms with Gasteiger partial charge in [0, 0.05) is 31.1 Å². The van der Waals surface area contributed by atoms with E-state index in [1.165, 1.54) is 11.1 Å². The maximum Gasteiger partial charge on any atom is 0.124 e. The number of hydrogen-bond donors (Lipinski definition) is 1. The van der Waals surface area contributed by atoms with Crippen molar-refractivity contribution in [3.05, 3.63) is 29.3 Å². The number of aryl methyl sites for hydroxylation is 1. The third kappa shape index (κ3) is 2.95. The molecular weight excluding hydrogens is 260 g/mol. The zero-order chi connectivity index (χ0) is 14.9. The molecule has 3 nitrogen and oxygen atoms in total. The molecule has 1 atom stereocenters. The smallest absolute Gasteiger partial charge is 0.124 e. The van der Waals surface area contributed by atoms with Crippen LogP contribution in [-0.2, 0) is 0 Å². The van der Waals surface area contributed by atoms with Crippen LogP contribution < -0.4 is 10.1 Å². The minimum atomic E-state index is 0.0424. The van der Waals surface area contributed by atoms with Crippen molar-refractivity contribution in [2.45, 2.75) is 51.7 Å². The fourth-order valence-electron chi connectivity index (χ4n) is 3.80. The highest BCUT2D eigenvalue weighted by atomic mass is 16.5. The molecule has 2 aliphatic rings. The lowest BCUT2D eigenvalue weighted by Gasteiger charge is -2.47. The van der Waals surface area contributed by atoms with Gasteiger partial charge in [0.15, 0.2) is 0 Å². The van der Waals surface area contributed by atoms with E-state index in [1.807, 2.05) is 0 Å². The van der Waals surface area contributed by atoms with Gasteiger partial charge in [-0.15, -0.1) is 0 Å². The second kappa shape index (κ2) is 5.98. The SMILES string of the molecule is CCNC1CC2(CCN(CC)CC2)Oc2ccc(C)cc21. The highest BCUT2D eigenvalue weighted by Crippen LogP contribution is 2.44. The lowest BCUT2D eigenvalue weighted by Crippen LogP contribution is -2.51. The van der Waals surface area contributed by atoms with Crippen molar-refractivity contribution in [1.82, 2.24) is 10.2 Å². The number of nitrogens with one attached hydrogen (secondary N) is 1. The van der Waals surface area contributed by atoms with E-state index in [0.717, 1.165) is 51.2 Å². The summed E-state index contributed by atoms with van der Waals surface area (Å²) in [5.74, 6) is 1.10. The van der Waals surface area contributed by atoms with E-state index in [9.17, 15) is 0 Å². The van der Waals surface area contributed by atoms with Gasteiger partial charge < -0.3 is 15.0 Å². The van der Waals surface area contributed by atoms with Gasteiger partial charge in [-0.2, -0.15) is 0 Å². The van der Waals surface area contributed by atoms with Gasteiger partial charge >= 0.3 is 0 Å². The van der Waals surface area contributed by atoms with Gasteiger partial charge in [0.2, 0.25) is 0 Å². The quantitative estimate of drug-likeness (QED) is 0.924. The third-order valence-corrected chi connectivity index (χ3v) is 5.11. The molecule has 0 radical (unpaired) electrons. The molecule has 0 aromatic heterocycles. The van der Waals surface area contributed by atoms with E-state index in [1.54, 1.807) is 0 Å². The Morgan fingerprint density at radius 2 is 2.05 bits per heavy atom. The van der Waals surface area contributed by atoms with Gasteiger partial charge in [0.25, 0.3) is 0 Å². The average molecular weight is 288 g/mol. The summed E-state index contributed by atoms with van der Waals surface area (Å²) >= 11 is 0. The van der Waals surface area contributed by atoms with E-state index in [4.69, 9.17) is 4.74 Å². The molecular formula is C18H28N2O. The molecule has 1 fully saturated rings. The van der Waals surface area contributed by atoms with E-state index < -0.39 is 0 Å². The first-order chi connectivity index (χ1) is 10.2. The van der Waals surface area contributed by atoms with Crippen molar-refractivity contribution in [2.24, 2.45) is 0 Å². The molecule has 1 N–H and O–H groups in total. The lowest BCUT2D eigenvalue weighted by atomic mass is 9.80. The molecule has 1 unspecified atom stereocenters. The highest BCUT2D eigenvalue weighted by molar-refractivity contribution is 5.41. The fourth-order valence-corrected chi connectivity index (χ4v) is 3.80. The number of fused-ring (bicyclic) bond motifs is 1. The number of rotatable bonds is 3. The molecule has 0 saturated carbocycles. The number of ether oxygens (including phenoxy) is 1. The minimum Gasteiger partial charge on any atom is -0.487 e. The van der Waals surface area contributed by atoms with E-state index in [-0.39, 0.29) is 5.60 Å². The van der Waals surface area contributed by atoms with E-state index in [2.05, 4.69) is 49.2 Å². The fraction of sp³-hybridized carbons (Fsp3) is 0.667. The first kappa shape index (κ1) is 14.9. The summed E-state index contributed by atoms with van der Waals surface area (Å²) in [7, 11) is 0. The maximum atomic E-state index is 6.52. The molecule has 1 aromatic rings. The van der Waals surface area contributed by atoms with Crippen molar-refractivity contribution < 1.29 is 4.74 Å². The van der Waals surface area contributed by atoms with Gasteiger partial charge in [-0.25, -0.2) is 0 Å². The number of benzene rings is 1. The number of hydrogen-bond acceptors (Lipinski definition) is 3. The largest absolute Gasteiger partial charge is 0.487 e. The van der Waals surface area contributed by atoms with E-state index >= 15 is 0 Å². The summed E-state index contributed by atoms with van der Waals surface area (Å²) in [6.07, 6.45) is 3.40. The molecule has 0 bridgehead atoms. The Balaban J connectivity index is 1.85. The van der Waals surface area contributed by atoms with Crippen LogP contribution in [0.25, 0.3) is 0 Å². The van der Waals surface area contributed by atoms with Crippen molar-refractivity contribution >= 4 is 0 Å². The lowest BCUT2D eigenvalue weighted by molar-refractivity contribution is -0.0241. The molecule has 116 valence electrons. The van der Waals surface area contributed by atoms with Gasteiger partial charge in [-0.3, -0.25) is 0 Å². The molecule has 3 heteroatoms. The summed E-state index contributed by atoms with van der Waals surface area (Å²) in [6.45, 7) is 11.1. The third-order valence-electron chi connectivity index (χ3n) is 5.11. The zero-order valence-electron chi connectivity index (χ0n) is 13.6. The standard InChI is InChI=1S/C18H28N2O/c1-4-19-16-13-18(8-10-20(5-2)11-9-18)21-17-7-6-14(3)12-15(16)17/h6-7,12,16,19H,4-5,8-11,13H2,1-3H3. The van der Waals surface area contributed by atoms with Crippen LogP contribution in [0.5, 0.6) is 5.75 Å². The molecule has 1 aromatic carbocycles. The van der Waals surface area contributed by atoms with Crippen LogP contribution in [0.2, 0.25) is 0 Å². The number of likely N-dealkylation sites (tertiary alicyclic amines) is 1. The summed E-state index contributed by atoms with van der Waals surface area (Å²) in [5.41, 5.74) is 2.71. The van der Waals surface area contributed by atoms with Crippen molar-refractivity contribution in [1.29, 1.82) is 0 Å². The van der Waals surface area contributed by atoms with Crippen LogP contribution in [0.4, 0.5) is 0 Å². The Kier molecular flexibility index (Phi) is 4.23. The monoisotopic (exact) mass is 288 g/mol. The van der Waals surface area contributed by atoms with Gasteiger partial charge in [0.05, 0.1) is 0 Å². The second-order valence-electron chi connectivity index (χ2n) is 6.58. The zero-order valence-corrected chi connectivity index (χ0v) is 13.6. The molecule has 0 aliphatic carbocycles. The molecule has 2 aliphatic heterocycles. The van der Waals surface area contributed by atoms with Crippen molar-refractivity contribution in [3.63, 3.8) is 0 Å². The second-order valence-corrected chi connectivity index (χ2v) is 6.58. The van der Waals surface area contributed by atoms with Crippen LogP contribution in [0.15, 0.2) is 18.2 Å². The molecule has 3 rings (SSSR count). The molecule has 1 saturated heterocycles. The summed E-state index contributed by atoms with van der Waals surface area (Å²) in [5, 5.41) is 3.67. The van der Waals surface area contributed by atoms with Crippen LogP contribution in [0, 0.1) is 6.92 Å². The van der Waals surface area contributed by atoms with Crippen LogP contribution in [0.3, 0.4) is 0 Å². The average Bonchev–Trinajstić information content (AvgIpc) is 2.49. The Bertz CT molecular complexity index is 492. The summed E-state index contributed by atoms with van der Waals surface area (Å²) in [6, 6.07) is 7.06. The first-order valence-electron chi connectivity index (χ1n) is 8.41. The minimum absolute atomic E-state index is 0.0424. The van der Waals surface area contributed by atoms with Crippen LogP contribution >= 0.6 is 0 Å². The molecule has 0 amide bonds. The Labute approximate surface area is 128 Å².